The van der Waals surface area contributed by atoms with Crippen LogP contribution in [-0.4, -0.2) is 18.3 Å². The van der Waals surface area contributed by atoms with Crippen molar-refractivity contribution < 1.29 is 9.84 Å². The smallest absolute Gasteiger partial charge is 0.119 e. The Hall–Kier alpha value is -2.58. The van der Waals surface area contributed by atoms with Crippen LogP contribution in [-0.2, 0) is 0 Å². The molecule has 110 valence electrons. The lowest BCUT2D eigenvalue weighted by Crippen LogP contribution is -2.01. The number of aliphatic hydroxyl groups is 1. The lowest BCUT2D eigenvalue weighted by Gasteiger charge is -2.07. The molecule has 0 saturated heterocycles. The van der Waals surface area contributed by atoms with Gasteiger partial charge in [0.15, 0.2) is 0 Å². The van der Waals surface area contributed by atoms with E-state index < -0.39 is 0 Å². The van der Waals surface area contributed by atoms with E-state index in [1.807, 2.05) is 42.5 Å². The number of hydrogen-bond acceptors (Lipinski definition) is 2. The molecule has 2 nitrogen and oxygen atoms in total. The van der Waals surface area contributed by atoms with E-state index in [0.29, 0.717) is 6.61 Å². The number of benzene rings is 3. The minimum Gasteiger partial charge on any atom is -0.491 e. The first-order chi connectivity index (χ1) is 10.9. The average molecular weight is 290 g/mol. The zero-order valence-electron chi connectivity index (χ0n) is 12.3. The van der Waals surface area contributed by atoms with Crippen molar-refractivity contribution in [2.45, 2.75) is 0 Å². The molecule has 22 heavy (non-hydrogen) atoms. The zero-order chi connectivity index (χ0) is 15.2. The molecular formula is C20H18O2. The summed E-state index contributed by atoms with van der Waals surface area (Å²) in [6.07, 6.45) is 0. The van der Waals surface area contributed by atoms with Gasteiger partial charge >= 0.3 is 0 Å². The highest BCUT2D eigenvalue weighted by molar-refractivity contribution is 5.70. The molecule has 0 fully saturated rings. The molecule has 0 aliphatic heterocycles. The quantitative estimate of drug-likeness (QED) is 0.755. The number of aliphatic hydroxyl groups excluding tert-OH is 1. The van der Waals surface area contributed by atoms with Crippen molar-refractivity contribution >= 4 is 0 Å². The van der Waals surface area contributed by atoms with Crippen LogP contribution >= 0.6 is 0 Å². The molecule has 0 spiro atoms. The summed E-state index contributed by atoms with van der Waals surface area (Å²) in [4.78, 5) is 0. The molecule has 2 heteroatoms. The first-order valence-electron chi connectivity index (χ1n) is 7.36. The van der Waals surface area contributed by atoms with Crippen LogP contribution in [0.3, 0.4) is 0 Å². The zero-order valence-corrected chi connectivity index (χ0v) is 12.3. The molecule has 3 aromatic carbocycles. The minimum absolute atomic E-state index is 0.0305. The summed E-state index contributed by atoms with van der Waals surface area (Å²) in [5.41, 5.74) is 4.76. The van der Waals surface area contributed by atoms with E-state index >= 15 is 0 Å². The van der Waals surface area contributed by atoms with Crippen LogP contribution in [0, 0.1) is 0 Å². The van der Waals surface area contributed by atoms with Gasteiger partial charge in [-0.2, -0.15) is 0 Å². The normalized spacial score (nSPS) is 10.4. The van der Waals surface area contributed by atoms with E-state index in [4.69, 9.17) is 9.84 Å². The highest BCUT2D eigenvalue weighted by atomic mass is 16.5. The maximum atomic E-state index is 8.76. The van der Waals surface area contributed by atoms with Crippen molar-refractivity contribution in [3.63, 3.8) is 0 Å². The summed E-state index contributed by atoms with van der Waals surface area (Å²) in [6, 6.07) is 26.8. The van der Waals surface area contributed by atoms with Crippen LogP contribution < -0.4 is 4.74 Å². The van der Waals surface area contributed by atoms with Crippen LogP contribution in [0.15, 0.2) is 78.9 Å². The SMILES string of the molecule is OCCOc1ccc(-c2ccc(-c3ccccc3)cc2)cc1. The molecule has 0 unspecified atom stereocenters. The van der Waals surface area contributed by atoms with Crippen molar-refractivity contribution in [3.8, 4) is 28.0 Å². The maximum Gasteiger partial charge on any atom is 0.119 e. The van der Waals surface area contributed by atoms with Gasteiger partial charge in [-0.05, 0) is 34.4 Å². The molecule has 0 aliphatic carbocycles. The fourth-order valence-corrected chi connectivity index (χ4v) is 2.39. The summed E-state index contributed by atoms with van der Waals surface area (Å²) in [6.45, 7) is 0.355. The third kappa shape index (κ3) is 3.35. The summed E-state index contributed by atoms with van der Waals surface area (Å²) in [7, 11) is 0. The van der Waals surface area contributed by atoms with Crippen molar-refractivity contribution in [1.29, 1.82) is 0 Å². The highest BCUT2D eigenvalue weighted by Gasteiger charge is 2.01. The van der Waals surface area contributed by atoms with Gasteiger partial charge in [-0.15, -0.1) is 0 Å². The van der Waals surface area contributed by atoms with Crippen LogP contribution in [0.1, 0.15) is 0 Å². The predicted molar refractivity (Wildman–Crippen MR) is 89.9 cm³/mol. The lowest BCUT2D eigenvalue weighted by atomic mass is 10.0. The van der Waals surface area contributed by atoms with E-state index in [9.17, 15) is 0 Å². The van der Waals surface area contributed by atoms with Crippen LogP contribution in [0.5, 0.6) is 5.75 Å². The monoisotopic (exact) mass is 290 g/mol. The third-order valence-electron chi connectivity index (χ3n) is 3.54. The molecule has 0 heterocycles. The van der Waals surface area contributed by atoms with Crippen LogP contribution in [0.2, 0.25) is 0 Å². The molecule has 0 aromatic heterocycles. The van der Waals surface area contributed by atoms with Crippen molar-refractivity contribution in [1.82, 2.24) is 0 Å². The standard InChI is InChI=1S/C20H18O2/c21-14-15-22-20-12-10-19(11-13-20)18-8-6-17(7-9-18)16-4-2-1-3-5-16/h1-13,21H,14-15H2. The molecule has 1 N–H and O–H groups in total. The number of rotatable bonds is 5. The van der Waals surface area contributed by atoms with Gasteiger partial charge in [0.2, 0.25) is 0 Å². The van der Waals surface area contributed by atoms with Gasteiger partial charge in [0.1, 0.15) is 12.4 Å². The summed E-state index contributed by atoms with van der Waals surface area (Å²) in [5, 5.41) is 8.76. The minimum atomic E-state index is 0.0305. The topological polar surface area (TPSA) is 29.5 Å². The molecule has 0 amide bonds. The molecule has 0 aliphatic rings. The lowest BCUT2D eigenvalue weighted by molar-refractivity contribution is 0.201. The fourth-order valence-electron chi connectivity index (χ4n) is 2.39. The van der Waals surface area contributed by atoms with E-state index in [2.05, 4.69) is 36.4 Å². The van der Waals surface area contributed by atoms with Gasteiger partial charge in [0.05, 0.1) is 6.61 Å². The molecule has 3 aromatic rings. The van der Waals surface area contributed by atoms with Crippen molar-refractivity contribution in [2.75, 3.05) is 13.2 Å². The van der Waals surface area contributed by atoms with Gasteiger partial charge in [-0.3, -0.25) is 0 Å². The van der Waals surface area contributed by atoms with Gasteiger partial charge < -0.3 is 9.84 Å². The van der Waals surface area contributed by atoms with E-state index in [0.717, 1.165) is 11.3 Å². The van der Waals surface area contributed by atoms with Crippen molar-refractivity contribution in [2.24, 2.45) is 0 Å². The maximum absolute atomic E-state index is 8.76. The number of ether oxygens (including phenoxy) is 1. The highest BCUT2D eigenvalue weighted by Crippen LogP contribution is 2.26. The first-order valence-corrected chi connectivity index (χ1v) is 7.36. The molecule has 0 atom stereocenters. The second kappa shape index (κ2) is 6.92. The Morgan fingerprint density at radius 2 is 1.05 bits per heavy atom. The van der Waals surface area contributed by atoms with Gasteiger partial charge in [-0.1, -0.05) is 66.7 Å². The molecule has 0 saturated carbocycles. The second-order valence-corrected chi connectivity index (χ2v) is 5.04. The summed E-state index contributed by atoms with van der Waals surface area (Å²) in [5.74, 6) is 0.777. The van der Waals surface area contributed by atoms with Crippen LogP contribution in [0.4, 0.5) is 0 Å². The Labute approximate surface area is 130 Å². The Morgan fingerprint density at radius 1 is 0.591 bits per heavy atom. The Balaban J connectivity index is 1.78. The van der Waals surface area contributed by atoms with E-state index in [1.165, 1.54) is 16.7 Å². The molecule has 0 bridgehead atoms. The van der Waals surface area contributed by atoms with Crippen LogP contribution in [0.25, 0.3) is 22.3 Å². The summed E-state index contributed by atoms with van der Waals surface area (Å²) >= 11 is 0. The van der Waals surface area contributed by atoms with Gasteiger partial charge in [0, 0.05) is 0 Å². The first kappa shape index (κ1) is 14.4. The van der Waals surface area contributed by atoms with Crippen molar-refractivity contribution in [3.05, 3.63) is 78.9 Å². The third-order valence-corrected chi connectivity index (χ3v) is 3.54. The molecule has 0 radical (unpaired) electrons. The Bertz CT molecular complexity index is 701. The molecular weight excluding hydrogens is 272 g/mol. The fraction of sp³-hybridized carbons (Fsp3) is 0.100. The van der Waals surface area contributed by atoms with Gasteiger partial charge in [-0.25, -0.2) is 0 Å². The second-order valence-electron chi connectivity index (χ2n) is 5.04. The van der Waals surface area contributed by atoms with Gasteiger partial charge in [0.25, 0.3) is 0 Å². The largest absolute Gasteiger partial charge is 0.491 e. The van der Waals surface area contributed by atoms with E-state index in [1.54, 1.807) is 0 Å². The summed E-state index contributed by atoms with van der Waals surface area (Å²) < 4.78 is 5.37. The predicted octanol–water partition coefficient (Wildman–Crippen LogP) is 4.39. The number of hydrogen-bond donors (Lipinski definition) is 1. The van der Waals surface area contributed by atoms with E-state index in [-0.39, 0.29) is 6.61 Å². The Morgan fingerprint density at radius 3 is 1.55 bits per heavy atom. The Kier molecular flexibility index (Phi) is 4.52. The average Bonchev–Trinajstić information content (AvgIpc) is 2.61. The molecule has 3 rings (SSSR count).